The van der Waals surface area contributed by atoms with E-state index in [2.05, 4.69) is 25.5 Å². The molecule has 1 N–H and O–H groups in total. The summed E-state index contributed by atoms with van der Waals surface area (Å²) in [4.78, 5) is 19.1. The van der Waals surface area contributed by atoms with E-state index in [1.807, 2.05) is 38.5 Å². The number of carbonyl (C=O) groups excluding carboxylic acids is 1. The van der Waals surface area contributed by atoms with E-state index in [1.54, 1.807) is 17.1 Å². The Morgan fingerprint density at radius 3 is 2.93 bits per heavy atom. The lowest BCUT2D eigenvalue weighted by molar-refractivity contribution is 0.0950. The standard InChI is InChI=1S/C21H26N6O2/c1-15-5-20(29-25-15)14-27-4-3-16(13-27)6-17-7-19(11-22-8-17)21(28)23-9-18-10-24-26(2)12-18/h5,7-8,10-12,16H,3-4,6,9,13-14H2,1-2H3,(H,23,28). The Morgan fingerprint density at radius 2 is 2.17 bits per heavy atom. The minimum atomic E-state index is -0.114. The first-order valence-corrected chi connectivity index (χ1v) is 9.89. The summed E-state index contributed by atoms with van der Waals surface area (Å²) in [5.41, 5.74) is 3.58. The fourth-order valence-corrected chi connectivity index (χ4v) is 3.84. The maximum absolute atomic E-state index is 12.5. The smallest absolute Gasteiger partial charge is 0.253 e. The Morgan fingerprint density at radius 1 is 1.28 bits per heavy atom. The van der Waals surface area contributed by atoms with E-state index in [0.29, 0.717) is 18.0 Å². The van der Waals surface area contributed by atoms with Gasteiger partial charge in [-0.05, 0) is 43.9 Å². The average molecular weight is 394 g/mol. The summed E-state index contributed by atoms with van der Waals surface area (Å²) >= 11 is 0. The van der Waals surface area contributed by atoms with Crippen molar-refractivity contribution in [3.63, 3.8) is 0 Å². The number of nitrogens with one attached hydrogen (secondary N) is 1. The summed E-state index contributed by atoms with van der Waals surface area (Å²) in [6, 6.07) is 3.94. The number of aryl methyl sites for hydroxylation is 2. The van der Waals surface area contributed by atoms with Crippen LogP contribution in [0.15, 0.2) is 41.4 Å². The summed E-state index contributed by atoms with van der Waals surface area (Å²) < 4.78 is 7.05. The normalized spacial score (nSPS) is 17.0. The lowest BCUT2D eigenvalue weighted by atomic mass is 9.99. The molecule has 1 atom stereocenters. The van der Waals surface area contributed by atoms with E-state index in [4.69, 9.17) is 4.52 Å². The van der Waals surface area contributed by atoms with Gasteiger partial charge in [-0.15, -0.1) is 0 Å². The number of aromatic nitrogens is 4. The Balaban J connectivity index is 1.30. The molecule has 0 aliphatic carbocycles. The molecule has 152 valence electrons. The van der Waals surface area contributed by atoms with Crippen LogP contribution in [0, 0.1) is 12.8 Å². The molecular formula is C21H26N6O2. The summed E-state index contributed by atoms with van der Waals surface area (Å²) in [5.74, 6) is 1.35. The number of pyridine rings is 1. The molecule has 0 saturated carbocycles. The third-order valence-corrected chi connectivity index (χ3v) is 5.22. The molecule has 1 aliphatic heterocycles. The number of hydrogen-bond donors (Lipinski definition) is 1. The van der Waals surface area contributed by atoms with Crippen LogP contribution in [0.3, 0.4) is 0 Å². The zero-order valence-electron chi connectivity index (χ0n) is 16.8. The zero-order chi connectivity index (χ0) is 20.2. The lowest BCUT2D eigenvalue weighted by Gasteiger charge is -2.14. The summed E-state index contributed by atoms with van der Waals surface area (Å²) in [6.45, 7) is 5.24. The molecule has 29 heavy (non-hydrogen) atoms. The Hall–Kier alpha value is -3.00. The van der Waals surface area contributed by atoms with E-state index >= 15 is 0 Å². The van der Waals surface area contributed by atoms with Crippen molar-refractivity contribution >= 4 is 5.91 Å². The van der Waals surface area contributed by atoms with Crippen LogP contribution in [0.4, 0.5) is 0 Å². The van der Waals surface area contributed by atoms with Crippen molar-refractivity contribution in [2.75, 3.05) is 13.1 Å². The molecular weight excluding hydrogens is 368 g/mol. The average Bonchev–Trinajstić information content (AvgIpc) is 3.43. The molecule has 1 unspecified atom stereocenters. The Labute approximate surface area is 169 Å². The number of carbonyl (C=O) groups is 1. The van der Waals surface area contributed by atoms with Crippen LogP contribution in [0.25, 0.3) is 0 Å². The van der Waals surface area contributed by atoms with E-state index < -0.39 is 0 Å². The predicted molar refractivity (Wildman–Crippen MR) is 107 cm³/mol. The van der Waals surface area contributed by atoms with E-state index in [1.165, 1.54) is 0 Å². The van der Waals surface area contributed by atoms with Gasteiger partial charge in [0.2, 0.25) is 0 Å². The number of hydrogen-bond acceptors (Lipinski definition) is 6. The third kappa shape index (κ3) is 5.08. The first-order chi connectivity index (χ1) is 14.0. The van der Waals surface area contributed by atoms with Gasteiger partial charge in [-0.3, -0.25) is 19.4 Å². The molecule has 4 heterocycles. The van der Waals surface area contributed by atoms with Crippen molar-refractivity contribution < 1.29 is 9.32 Å². The molecule has 0 aromatic carbocycles. The first kappa shape index (κ1) is 19.3. The van der Waals surface area contributed by atoms with Crippen LogP contribution < -0.4 is 5.32 Å². The largest absolute Gasteiger partial charge is 0.360 e. The fraction of sp³-hybridized carbons (Fsp3) is 0.429. The van der Waals surface area contributed by atoms with Crippen molar-refractivity contribution in [2.24, 2.45) is 13.0 Å². The van der Waals surface area contributed by atoms with Gasteiger partial charge in [0.05, 0.1) is 24.0 Å². The molecule has 0 spiro atoms. The van der Waals surface area contributed by atoms with E-state index in [-0.39, 0.29) is 5.91 Å². The van der Waals surface area contributed by atoms with Gasteiger partial charge >= 0.3 is 0 Å². The van der Waals surface area contributed by atoms with Crippen LogP contribution in [0.1, 0.15) is 39.4 Å². The van der Waals surface area contributed by atoms with Gasteiger partial charge in [0.1, 0.15) is 0 Å². The molecule has 1 aliphatic rings. The molecule has 1 amide bonds. The summed E-state index contributed by atoms with van der Waals surface area (Å²) in [6.07, 6.45) is 9.17. The minimum Gasteiger partial charge on any atom is -0.360 e. The molecule has 3 aromatic heterocycles. The van der Waals surface area contributed by atoms with Crippen LogP contribution in [0.5, 0.6) is 0 Å². The quantitative estimate of drug-likeness (QED) is 0.660. The molecule has 4 rings (SSSR count). The van der Waals surface area contributed by atoms with Crippen LogP contribution in [0.2, 0.25) is 0 Å². The maximum atomic E-state index is 12.5. The summed E-state index contributed by atoms with van der Waals surface area (Å²) in [7, 11) is 1.86. The fourth-order valence-electron chi connectivity index (χ4n) is 3.84. The van der Waals surface area contributed by atoms with E-state index in [0.717, 1.165) is 55.1 Å². The maximum Gasteiger partial charge on any atom is 0.253 e. The molecule has 1 fully saturated rings. The molecule has 0 bridgehead atoms. The lowest BCUT2D eigenvalue weighted by Crippen LogP contribution is -2.23. The van der Waals surface area contributed by atoms with Crippen molar-refractivity contribution in [3.05, 3.63) is 65.1 Å². The second kappa shape index (κ2) is 8.57. The third-order valence-electron chi connectivity index (χ3n) is 5.22. The van der Waals surface area contributed by atoms with Crippen LogP contribution in [-0.4, -0.2) is 43.8 Å². The Bertz CT molecular complexity index is 979. The minimum absolute atomic E-state index is 0.114. The van der Waals surface area contributed by atoms with Gasteiger partial charge in [0.25, 0.3) is 5.91 Å². The topological polar surface area (TPSA) is 89.1 Å². The molecule has 1 saturated heterocycles. The predicted octanol–water partition coefficient (Wildman–Crippen LogP) is 2.11. The van der Waals surface area contributed by atoms with Crippen LogP contribution in [-0.2, 0) is 26.6 Å². The highest BCUT2D eigenvalue weighted by Gasteiger charge is 2.24. The zero-order valence-corrected chi connectivity index (χ0v) is 16.8. The Kier molecular flexibility index (Phi) is 5.71. The summed E-state index contributed by atoms with van der Waals surface area (Å²) in [5, 5.41) is 11.0. The van der Waals surface area contributed by atoms with Gasteiger partial charge in [-0.1, -0.05) is 5.16 Å². The monoisotopic (exact) mass is 394 g/mol. The van der Waals surface area contributed by atoms with Crippen molar-refractivity contribution in [1.82, 2.24) is 30.1 Å². The van der Waals surface area contributed by atoms with Gasteiger partial charge in [-0.2, -0.15) is 5.10 Å². The van der Waals surface area contributed by atoms with Gasteiger partial charge in [-0.25, -0.2) is 0 Å². The van der Waals surface area contributed by atoms with E-state index in [9.17, 15) is 4.79 Å². The number of rotatable bonds is 7. The van der Waals surface area contributed by atoms with Crippen LogP contribution >= 0.6 is 0 Å². The molecule has 8 heteroatoms. The number of amides is 1. The van der Waals surface area contributed by atoms with Crippen molar-refractivity contribution in [1.29, 1.82) is 0 Å². The number of nitrogens with zero attached hydrogens (tertiary/aromatic N) is 5. The van der Waals surface area contributed by atoms with Crippen molar-refractivity contribution in [2.45, 2.75) is 32.9 Å². The highest BCUT2D eigenvalue weighted by molar-refractivity contribution is 5.93. The van der Waals surface area contributed by atoms with Gasteiger partial charge in [0.15, 0.2) is 5.76 Å². The molecule has 0 radical (unpaired) electrons. The van der Waals surface area contributed by atoms with Gasteiger partial charge in [0, 0.05) is 50.4 Å². The second-order valence-corrected chi connectivity index (χ2v) is 7.82. The van der Waals surface area contributed by atoms with Gasteiger partial charge < -0.3 is 9.84 Å². The second-order valence-electron chi connectivity index (χ2n) is 7.82. The SMILES string of the molecule is Cc1cc(CN2CCC(Cc3cncc(C(=O)NCc4cnn(C)c4)c3)C2)on1. The van der Waals surface area contributed by atoms with Crippen molar-refractivity contribution in [3.8, 4) is 0 Å². The first-order valence-electron chi connectivity index (χ1n) is 9.89. The molecule has 8 nitrogen and oxygen atoms in total. The highest BCUT2D eigenvalue weighted by atomic mass is 16.5. The molecule has 3 aromatic rings. The number of likely N-dealkylation sites (tertiary alicyclic amines) is 1. The highest BCUT2D eigenvalue weighted by Crippen LogP contribution is 2.23.